The molecule has 0 unspecified atom stereocenters. The second kappa shape index (κ2) is 10.4. The van der Waals surface area contributed by atoms with Gasteiger partial charge in [0, 0.05) is 6.04 Å². The Kier molecular flexibility index (Phi) is 7.79. The number of carbonyl (C=O) groups is 1. The highest BCUT2D eigenvalue weighted by Gasteiger charge is 2.06. The smallest absolute Gasteiger partial charge is 0.234 e. The van der Waals surface area contributed by atoms with Crippen LogP contribution in [-0.4, -0.2) is 32.2 Å². The highest BCUT2D eigenvalue weighted by atomic mass is 16.5. The average molecular weight is 342 g/mol. The van der Waals surface area contributed by atoms with E-state index in [0.717, 1.165) is 17.1 Å². The van der Waals surface area contributed by atoms with Gasteiger partial charge in [0.2, 0.25) is 5.91 Å². The van der Waals surface area contributed by atoms with Crippen molar-refractivity contribution in [2.45, 2.75) is 19.9 Å². The molecule has 134 valence electrons. The second-order valence-electron chi connectivity index (χ2n) is 5.62. The Balaban J connectivity index is 1.60. The van der Waals surface area contributed by atoms with Gasteiger partial charge in [0.15, 0.2) is 0 Å². The van der Waals surface area contributed by atoms with Crippen molar-refractivity contribution >= 4 is 5.91 Å². The lowest BCUT2D eigenvalue weighted by molar-refractivity contribution is -0.120. The van der Waals surface area contributed by atoms with E-state index in [1.54, 1.807) is 0 Å². The van der Waals surface area contributed by atoms with E-state index in [2.05, 4.69) is 10.6 Å². The molecule has 5 nitrogen and oxygen atoms in total. The fourth-order valence-corrected chi connectivity index (χ4v) is 2.33. The highest BCUT2D eigenvalue weighted by molar-refractivity contribution is 5.78. The van der Waals surface area contributed by atoms with E-state index in [4.69, 9.17) is 9.47 Å². The maximum atomic E-state index is 11.9. The van der Waals surface area contributed by atoms with E-state index < -0.39 is 0 Å². The van der Waals surface area contributed by atoms with Crippen molar-refractivity contribution in [2.75, 3.05) is 26.3 Å². The van der Waals surface area contributed by atoms with E-state index in [0.29, 0.717) is 19.8 Å². The second-order valence-corrected chi connectivity index (χ2v) is 5.62. The summed E-state index contributed by atoms with van der Waals surface area (Å²) in [6.45, 7) is 5.80. The van der Waals surface area contributed by atoms with Crippen LogP contribution in [0.25, 0.3) is 0 Å². The standard InChI is InChI=1S/C20H26N2O3/c1-3-24-18-9-11-19(12-10-18)25-14-13-21-20(23)15-22-16(2)17-7-5-4-6-8-17/h4-12,16,22H,3,13-15H2,1-2H3,(H,21,23)/t16-/m0/s1. The number of ether oxygens (including phenoxy) is 2. The maximum Gasteiger partial charge on any atom is 0.234 e. The van der Waals surface area contributed by atoms with Crippen molar-refractivity contribution in [3.63, 3.8) is 0 Å². The number of nitrogens with one attached hydrogen (secondary N) is 2. The molecule has 0 aromatic heterocycles. The van der Waals surface area contributed by atoms with Gasteiger partial charge in [-0.3, -0.25) is 4.79 Å². The van der Waals surface area contributed by atoms with Gasteiger partial charge in [-0.2, -0.15) is 0 Å². The minimum absolute atomic E-state index is 0.0434. The van der Waals surface area contributed by atoms with Crippen LogP contribution in [0.5, 0.6) is 11.5 Å². The molecule has 0 radical (unpaired) electrons. The van der Waals surface area contributed by atoms with Crippen LogP contribution in [0.15, 0.2) is 54.6 Å². The lowest BCUT2D eigenvalue weighted by Gasteiger charge is -2.14. The molecule has 0 bridgehead atoms. The first-order valence-electron chi connectivity index (χ1n) is 8.59. The average Bonchev–Trinajstić information content (AvgIpc) is 2.65. The van der Waals surface area contributed by atoms with Crippen molar-refractivity contribution in [1.82, 2.24) is 10.6 Å². The fourth-order valence-electron chi connectivity index (χ4n) is 2.33. The summed E-state index contributed by atoms with van der Waals surface area (Å²) in [5, 5.41) is 6.05. The molecule has 0 fully saturated rings. The van der Waals surface area contributed by atoms with Gasteiger partial charge in [0.1, 0.15) is 18.1 Å². The molecule has 0 heterocycles. The fraction of sp³-hybridized carbons (Fsp3) is 0.350. The van der Waals surface area contributed by atoms with Crippen LogP contribution in [0, 0.1) is 0 Å². The predicted octanol–water partition coefficient (Wildman–Crippen LogP) is 2.93. The molecular formula is C20H26N2O3. The first-order chi connectivity index (χ1) is 12.2. The van der Waals surface area contributed by atoms with Crippen LogP contribution in [0.2, 0.25) is 0 Å². The molecule has 0 aliphatic heterocycles. The number of carbonyl (C=O) groups excluding carboxylic acids is 1. The molecular weight excluding hydrogens is 316 g/mol. The van der Waals surface area contributed by atoms with Crippen LogP contribution in [0.4, 0.5) is 0 Å². The van der Waals surface area contributed by atoms with Gasteiger partial charge < -0.3 is 20.1 Å². The Labute approximate surface area is 149 Å². The highest BCUT2D eigenvalue weighted by Crippen LogP contribution is 2.17. The van der Waals surface area contributed by atoms with Gasteiger partial charge in [-0.15, -0.1) is 0 Å². The molecule has 0 aliphatic carbocycles. The van der Waals surface area contributed by atoms with Crippen molar-refractivity contribution in [2.24, 2.45) is 0 Å². The molecule has 25 heavy (non-hydrogen) atoms. The molecule has 0 saturated heterocycles. The van der Waals surface area contributed by atoms with Gasteiger partial charge in [-0.1, -0.05) is 30.3 Å². The molecule has 0 spiro atoms. The van der Waals surface area contributed by atoms with Crippen molar-refractivity contribution < 1.29 is 14.3 Å². The van der Waals surface area contributed by atoms with Gasteiger partial charge in [0.25, 0.3) is 0 Å². The van der Waals surface area contributed by atoms with Crippen LogP contribution >= 0.6 is 0 Å². The van der Waals surface area contributed by atoms with E-state index in [-0.39, 0.29) is 18.5 Å². The van der Waals surface area contributed by atoms with Crippen molar-refractivity contribution in [1.29, 1.82) is 0 Å². The molecule has 1 amide bonds. The van der Waals surface area contributed by atoms with Gasteiger partial charge in [-0.25, -0.2) is 0 Å². The summed E-state index contributed by atoms with van der Waals surface area (Å²) in [6, 6.07) is 17.6. The minimum atomic E-state index is -0.0434. The van der Waals surface area contributed by atoms with E-state index in [1.165, 1.54) is 0 Å². The zero-order chi connectivity index (χ0) is 17.9. The molecule has 0 saturated carbocycles. The van der Waals surface area contributed by atoms with Crippen molar-refractivity contribution in [3.8, 4) is 11.5 Å². The zero-order valence-electron chi connectivity index (χ0n) is 14.8. The van der Waals surface area contributed by atoms with Gasteiger partial charge in [0.05, 0.1) is 19.7 Å². The molecule has 2 rings (SSSR count). The molecule has 2 aromatic rings. The zero-order valence-corrected chi connectivity index (χ0v) is 14.8. The topological polar surface area (TPSA) is 59.6 Å². The number of amides is 1. The summed E-state index contributed by atoms with van der Waals surface area (Å²) in [5.41, 5.74) is 1.16. The van der Waals surface area contributed by atoms with Gasteiger partial charge >= 0.3 is 0 Å². The van der Waals surface area contributed by atoms with Crippen LogP contribution in [-0.2, 0) is 4.79 Å². The van der Waals surface area contributed by atoms with E-state index in [9.17, 15) is 4.79 Å². The Hall–Kier alpha value is -2.53. The predicted molar refractivity (Wildman–Crippen MR) is 99.0 cm³/mol. The normalized spacial score (nSPS) is 11.6. The summed E-state index contributed by atoms with van der Waals surface area (Å²) in [6.07, 6.45) is 0. The SMILES string of the molecule is CCOc1ccc(OCCNC(=O)CN[C@@H](C)c2ccccc2)cc1. The Morgan fingerprint density at radius 1 is 1.00 bits per heavy atom. The number of rotatable bonds is 10. The van der Waals surface area contributed by atoms with Crippen LogP contribution in [0.3, 0.4) is 0 Å². The number of benzene rings is 2. The van der Waals surface area contributed by atoms with Gasteiger partial charge in [-0.05, 0) is 43.7 Å². The van der Waals surface area contributed by atoms with E-state index >= 15 is 0 Å². The summed E-state index contributed by atoms with van der Waals surface area (Å²) < 4.78 is 11.0. The van der Waals surface area contributed by atoms with Crippen LogP contribution < -0.4 is 20.1 Å². The lowest BCUT2D eigenvalue weighted by Crippen LogP contribution is -2.36. The van der Waals surface area contributed by atoms with Crippen molar-refractivity contribution in [3.05, 3.63) is 60.2 Å². The molecule has 5 heteroatoms. The molecule has 2 N–H and O–H groups in total. The Morgan fingerprint density at radius 3 is 2.28 bits per heavy atom. The number of hydrogen-bond acceptors (Lipinski definition) is 4. The third-order valence-corrected chi connectivity index (χ3v) is 3.70. The summed E-state index contributed by atoms with van der Waals surface area (Å²) in [4.78, 5) is 11.9. The quantitative estimate of drug-likeness (QED) is 0.652. The first kappa shape index (κ1) is 18.8. The van der Waals surface area contributed by atoms with E-state index in [1.807, 2.05) is 68.4 Å². The summed E-state index contributed by atoms with van der Waals surface area (Å²) in [5.74, 6) is 1.54. The van der Waals surface area contributed by atoms with Crippen LogP contribution in [0.1, 0.15) is 25.5 Å². The third-order valence-electron chi connectivity index (χ3n) is 3.70. The summed E-state index contributed by atoms with van der Waals surface area (Å²) in [7, 11) is 0. The maximum absolute atomic E-state index is 11.9. The Morgan fingerprint density at radius 2 is 1.64 bits per heavy atom. The monoisotopic (exact) mass is 342 g/mol. The summed E-state index contributed by atoms with van der Waals surface area (Å²) >= 11 is 0. The molecule has 1 atom stereocenters. The molecule has 0 aliphatic rings. The minimum Gasteiger partial charge on any atom is -0.494 e. The first-order valence-corrected chi connectivity index (χ1v) is 8.59. The largest absolute Gasteiger partial charge is 0.494 e. The third kappa shape index (κ3) is 6.85. The Bertz CT molecular complexity index is 629. The number of hydrogen-bond donors (Lipinski definition) is 2. The molecule has 2 aromatic carbocycles. The lowest BCUT2D eigenvalue weighted by atomic mass is 10.1.